The van der Waals surface area contributed by atoms with Crippen LogP contribution in [0.25, 0.3) is 88.3 Å². The van der Waals surface area contributed by atoms with Gasteiger partial charge in [0.2, 0.25) is 0 Å². The molecular weight excluding hydrogens is 727 g/mol. The summed E-state index contributed by atoms with van der Waals surface area (Å²) in [4.78, 5) is 1.63. The third kappa shape index (κ3) is 6.51. The quantitative estimate of drug-likeness (QED) is 0.153. The van der Waals surface area contributed by atoms with Crippen molar-refractivity contribution in [3.05, 3.63) is 236 Å². The Morgan fingerprint density at radius 3 is 1.62 bits per heavy atom. The fourth-order valence-corrected chi connectivity index (χ4v) is 7.78. The van der Waals surface area contributed by atoms with Crippen molar-refractivity contribution in [2.24, 2.45) is 0 Å². The van der Waals surface area contributed by atoms with Gasteiger partial charge < -0.3 is 9.32 Å². The van der Waals surface area contributed by atoms with Gasteiger partial charge in [0.25, 0.3) is 0 Å². The molecule has 11 rings (SSSR count). The van der Waals surface area contributed by atoms with Gasteiger partial charge in [-0.1, -0.05) is 188 Å². The van der Waals surface area contributed by atoms with Gasteiger partial charge in [-0.15, -0.1) is 0 Å². The van der Waals surface area contributed by atoms with Gasteiger partial charge in [0.15, 0.2) is 0 Å². The van der Waals surface area contributed by atoms with Gasteiger partial charge in [-0.25, -0.2) is 0 Å². The molecule has 60 heavy (non-hydrogen) atoms. The molecule has 0 amide bonds. The number of anilines is 3. The van der Waals surface area contributed by atoms with Crippen molar-refractivity contribution < 1.29 is 22.2 Å². The maximum absolute atomic E-state index is 9.66. The van der Waals surface area contributed by atoms with Crippen LogP contribution in [-0.4, -0.2) is 0 Å². The molecule has 2 nitrogen and oxygen atoms in total. The summed E-state index contributed by atoms with van der Waals surface area (Å²) in [5, 5.41) is 3.82. The zero-order valence-corrected chi connectivity index (χ0v) is 31.9. The van der Waals surface area contributed by atoms with Crippen LogP contribution in [0.4, 0.5) is 17.1 Å². The van der Waals surface area contributed by atoms with Gasteiger partial charge in [-0.2, -0.15) is 0 Å². The van der Waals surface area contributed by atoms with E-state index in [2.05, 4.69) is 18.2 Å². The third-order valence-electron chi connectivity index (χ3n) is 10.7. The number of nitrogens with zero attached hydrogens (tertiary/aromatic N) is 1. The van der Waals surface area contributed by atoms with Crippen LogP contribution < -0.4 is 4.90 Å². The molecule has 282 valence electrons. The summed E-state index contributed by atoms with van der Waals surface area (Å²) in [5.74, 6) is 0. The highest BCUT2D eigenvalue weighted by Gasteiger charge is 2.18. The fourth-order valence-electron chi connectivity index (χ4n) is 7.78. The molecule has 0 N–H and O–H groups in total. The number of rotatable bonds is 8. The maximum Gasteiger partial charge on any atom is 0.143 e. The molecule has 0 saturated carbocycles. The SMILES string of the molecule is [2H]c1c([2H])c([2H])c(-c2c([2H])c([2H])c(-c3c([2H])c([2H])c(N(c4ccc(-c5ccc(-c6ccccc6)cc5)cc4)c4cccc(-c5cccc6oc7c8ccccc8ccc7c56)c4)c([2H])c3[2H])c([2H])c2[2H])c([2H])c1[2H]. The van der Waals surface area contributed by atoms with Gasteiger partial charge in [0.05, 0.1) is 17.8 Å². The lowest BCUT2D eigenvalue weighted by molar-refractivity contribution is 0.673. The average molecular weight is 779 g/mol. The molecule has 0 radical (unpaired) electrons. The van der Waals surface area contributed by atoms with E-state index >= 15 is 0 Å². The molecule has 0 bridgehead atoms. The second kappa shape index (κ2) is 15.1. The molecular formula is C58H39NO. The molecule has 0 atom stereocenters. The molecule has 0 aliphatic rings. The second-order valence-corrected chi connectivity index (χ2v) is 14.3. The molecule has 2 heteroatoms. The lowest BCUT2D eigenvalue weighted by Crippen LogP contribution is -2.10. The number of fused-ring (bicyclic) bond motifs is 5. The van der Waals surface area contributed by atoms with Crippen LogP contribution in [0.15, 0.2) is 241 Å². The lowest BCUT2D eigenvalue weighted by atomic mass is 9.97. The van der Waals surface area contributed by atoms with E-state index in [4.69, 9.17) is 16.8 Å². The smallest absolute Gasteiger partial charge is 0.143 e. The van der Waals surface area contributed by atoms with Crippen LogP contribution in [0.3, 0.4) is 0 Å². The summed E-state index contributed by atoms with van der Waals surface area (Å²) in [5.41, 5.74) is 5.71. The second-order valence-electron chi connectivity index (χ2n) is 14.3. The first-order chi connectivity index (χ1) is 35.2. The normalized spacial score (nSPS) is 14.4. The highest BCUT2D eigenvalue weighted by molar-refractivity contribution is 6.19. The van der Waals surface area contributed by atoms with Crippen molar-refractivity contribution in [1.29, 1.82) is 0 Å². The van der Waals surface area contributed by atoms with Crippen LogP contribution in [0.2, 0.25) is 0 Å². The topological polar surface area (TPSA) is 16.4 Å². The largest absolute Gasteiger partial charge is 0.455 e. The van der Waals surface area contributed by atoms with Gasteiger partial charge in [0, 0.05) is 33.2 Å². The molecule has 0 spiro atoms. The lowest BCUT2D eigenvalue weighted by Gasteiger charge is -2.26. The highest BCUT2D eigenvalue weighted by Crippen LogP contribution is 2.43. The van der Waals surface area contributed by atoms with Crippen LogP contribution in [0.1, 0.15) is 17.8 Å². The molecule has 0 unspecified atom stereocenters. The summed E-state index contributed by atoms with van der Waals surface area (Å²) in [6.07, 6.45) is 0. The number of furan rings is 1. The molecule has 0 aliphatic carbocycles. The van der Waals surface area contributed by atoms with Crippen molar-refractivity contribution in [1.82, 2.24) is 0 Å². The van der Waals surface area contributed by atoms with E-state index in [0.29, 0.717) is 17.0 Å². The molecule has 0 aliphatic heterocycles. The van der Waals surface area contributed by atoms with E-state index in [1.165, 1.54) is 0 Å². The summed E-state index contributed by atoms with van der Waals surface area (Å²) in [7, 11) is 0. The van der Waals surface area contributed by atoms with E-state index in [9.17, 15) is 5.48 Å². The van der Waals surface area contributed by atoms with E-state index in [0.717, 1.165) is 60.5 Å². The minimum atomic E-state index is -0.780. The molecule has 11 aromatic rings. The predicted octanol–water partition coefficient (Wildman–Crippen LogP) is 16.5. The van der Waals surface area contributed by atoms with Crippen molar-refractivity contribution in [2.45, 2.75) is 0 Å². The zero-order valence-electron chi connectivity index (χ0n) is 44.9. The van der Waals surface area contributed by atoms with Gasteiger partial charge in [0.1, 0.15) is 11.2 Å². The Labute approximate surface area is 368 Å². The summed E-state index contributed by atoms with van der Waals surface area (Å²) >= 11 is 0. The summed E-state index contributed by atoms with van der Waals surface area (Å²) < 4.78 is 123. The zero-order chi connectivity index (χ0) is 51.1. The van der Waals surface area contributed by atoms with Crippen LogP contribution in [-0.2, 0) is 0 Å². The Morgan fingerprint density at radius 1 is 0.350 bits per heavy atom. The predicted molar refractivity (Wildman–Crippen MR) is 253 cm³/mol. The fraction of sp³-hybridized carbons (Fsp3) is 0. The van der Waals surface area contributed by atoms with Crippen LogP contribution in [0, 0.1) is 0 Å². The van der Waals surface area contributed by atoms with Crippen LogP contribution >= 0.6 is 0 Å². The van der Waals surface area contributed by atoms with Gasteiger partial charge in [-0.3, -0.25) is 0 Å². The Morgan fingerprint density at radius 2 is 0.917 bits per heavy atom. The monoisotopic (exact) mass is 778 g/mol. The molecule has 0 saturated heterocycles. The molecule has 10 aromatic carbocycles. The number of benzene rings is 10. The highest BCUT2D eigenvalue weighted by atomic mass is 16.3. The Kier molecular flexibility index (Phi) is 6.06. The van der Waals surface area contributed by atoms with Crippen molar-refractivity contribution in [2.75, 3.05) is 4.90 Å². The van der Waals surface area contributed by atoms with Gasteiger partial charge in [-0.05, 0) is 110 Å². The molecule has 0 fully saturated rings. The van der Waals surface area contributed by atoms with E-state index < -0.39 is 101 Å². The Balaban J connectivity index is 1.08. The standard InChI is InChI=1S/C58H39NO/c1-3-11-40(12-4-1)42-21-25-44(26-22-42)46-29-34-50(35-30-46)59(51-36-31-47(32-37-51)45-27-23-43(24-28-45)41-13-5-2-6-14-41)52-17-9-16-49(39-52)53-19-10-20-56-57(53)55-38-33-48-15-7-8-18-54(48)58(55)60-56/h1-39H/i1D,3D,4D,11D,12D,21D,22D,25D,26D,29D,30D,34D,35D. The minimum absolute atomic E-state index is 0.152. The molecule has 1 heterocycles. The van der Waals surface area contributed by atoms with Gasteiger partial charge >= 0.3 is 0 Å². The minimum Gasteiger partial charge on any atom is -0.455 e. The van der Waals surface area contributed by atoms with Crippen molar-refractivity contribution in [3.8, 4) is 55.6 Å². The number of hydrogen-bond donors (Lipinski definition) is 0. The summed E-state index contributed by atoms with van der Waals surface area (Å²) in [6.45, 7) is 0. The molecule has 1 aromatic heterocycles. The summed E-state index contributed by atoms with van der Waals surface area (Å²) in [6, 6.07) is 42.1. The van der Waals surface area contributed by atoms with Crippen molar-refractivity contribution in [3.63, 3.8) is 0 Å². The van der Waals surface area contributed by atoms with E-state index in [1.54, 1.807) is 11.0 Å². The number of hydrogen-bond acceptors (Lipinski definition) is 2. The maximum atomic E-state index is 9.66. The Bertz CT molecular complexity index is 3980. The Hall–Kier alpha value is -7.94. The first-order valence-electron chi connectivity index (χ1n) is 25.9. The van der Waals surface area contributed by atoms with Crippen molar-refractivity contribution >= 4 is 49.8 Å². The van der Waals surface area contributed by atoms with E-state index in [1.807, 2.05) is 133 Å². The third-order valence-corrected chi connectivity index (χ3v) is 10.7. The average Bonchev–Trinajstić information content (AvgIpc) is 3.82. The first-order valence-corrected chi connectivity index (χ1v) is 19.4. The van der Waals surface area contributed by atoms with E-state index in [-0.39, 0.29) is 5.69 Å². The first kappa shape index (κ1) is 24.1. The van der Waals surface area contributed by atoms with Crippen LogP contribution in [0.5, 0.6) is 0 Å².